The van der Waals surface area contributed by atoms with Gasteiger partial charge in [0.25, 0.3) is 0 Å². The molecule has 4 heteroatoms. The number of rotatable bonds is 5. The van der Waals surface area contributed by atoms with Crippen molar-refractivity contribution in [3.8, 4) is 0 Å². The van der Waals surface area contributed by atoms with Gasteiger partial charge in [-0.3, -0.25) is 9.59 Å². The predicted molar refractivity (Wildman–Crippen MR) is 65.6 cm³/mol. The molecular formula is C13H21NO3. The number of hydrogen-bond donors (Lipinski definition) is 2. The highest BCUT2D eigenvalue weighted by molar-refractivity contribution is 5.78. The van der Waals surface area contributed by atoms with E-state index in [1.807, 2.05) is 0 Å². The number of hydrogen-bond acceptors (Lipinski definition) is 2. The molecule has 0 bridgehead atoms. The van der Waals surface area contributed by atoms with E-state index in [0.717, 1.165) is 25.7 Å². The number of allylic oxidation sites excluding steroid dienone is 1. The number of amides is 1. The first-order chi connectivity index (χ1) is 8.15. The molecule has 0 aromatic rings. The second-order valence-electron chi connectivity index (χ2n) is 4.58. The first kappa shape index (κ1) is 13.7. The molecule has 0 radical (unpaired) electrons. The molecule has 1 aliphatic carbocycles. The van der Waals surface area contributed by atoms with Crippen molar-refractivity contribution >= 4 is 11.9 Å². The first-order valence-corrected chi connectivity index (χ1v) is 6.28. The van der Waals surface area contributed by atoms with Gasteiger partial charge in [-0.05, 0) is 19.3 Å². The highest BCUT2D eigenvalue weighted by Gasteiger charge is 2.30. The number of carboxylic acids is 1. The fourth-order valence-electron chi connectivity index (χ4n) is 2.29. The van der Waals surface area contributed by atoms with Crippen LogP contribution in [0.25, 0.3) is 0 Å². The van der Waals surface area contributed by atoms with E-state index in [-0.39, 0.29) is 11.9 Å². The minimum absolute atomic E-state index is 0.0666. The summed E-state index contributed by atoms with van der Waals surface area (Å²) in [5.41, 5.74) is 0. The van der Waals surface area contributed by atoms with Gasteiger partial charge in [0.2, 0.25) is 5.91 Å². The summed E-state index contributed by atoms with van der Waals surface area (Å²) >= 11 is 0. The van der Waals surface area contributed by atoms with Crippen molar-refractivity contribution in [2.24, 2.45) is 5.92 Å². The Hall–Kier alpha value is -1.32. The van der Waals surface area contributed by atoms with Crippen LogP contribution < -0.4 is 5.32 Å². The van der Waals surface area contributed by atoms with Gasteiger partial charge >= 0.3 is 5.97 Å². The van der Waals surface area contributed by atoms with Crippen molar-refractivity contribution in [1.82, 2.24) is 5.32 Å². The Morgan fingerprint density at radius 2 is 2.00 bits per heavy atom. The molecule has 0 aromatic heterocycles. The monoisotopic (exact) mass is 239 g/mol. The van der Waals surface area contributed by atoms with E-state index in [1.54, 1.807) is 6.08 Å². The molecule has 0 unspecified atom stereocenters. The van der Waals surface area contributed by atoms with Crippen LogP contribution in [0.5, 0.6) is 0 Å². The summed E-state index contributed by atoms with van der Waals surface area (Å²) < 4.78 is 0. The summed E-state index contributed by atoms with van der Waals surface area (Å²) in [5.74, 6) is -1.28. The molecule has 1 amide bonds. The fourth-order valence-corrected chi connectivity index (χ4v) is 2.29. The van der Waals surface area contributed by atoms with Crippen molar-refractivity contribution in [3.63, 3.8) is 0 Å². The van der Waals surface area contributed by atoms with E-state index >= 15 is 0 Å². The summed E-state index contributed by atoms with van der Waals surface area (Å²) in [7, 11) is 0. The lowest BCUT2D eigenvalue weighted by Crippen LogP contribution is -2.42. The summed E-state index contributed by atoms with van der Waals surface area (Å²) in [4.78, 5) is 22.7. The molecule has 1 saturated carbocycles. The number of aliphatic carboxylic acids is 1. The van der Waals surface area contributed by atoms with Gasteiger partial charge in [-0.1, -0.05) is 25.3 Å². The molecule has 1 aliphatic rings. The van der Waals surface area contributed by atoms with E-state index in [9.17, 15) is 9.59 Å². The van der Waals surface area contributed by atoms with Crippen LogP contribution in [0.3, 0.4) is 0 Å². The molecule has 0 aliphatic heterocycles. The standard InChI is InChI=1S/C13H21NO3/c1-2-3-9-12(15)14-11-8-6-4-5-7-10(11)13(16)17/h2,10-11H,1,3-9H2,(H,14,15)(H,16,17)/t10-,11+/m1/s1. The summed E-state index contributed by atoms with van der Waals surface area (Å²) in [6, 6.07) is -0.202. The van der Waals surface area contributed by atoms with Gasteiger partial charge in [0, 0.05) is 12.5 Å². The average Bonchev–Trinajstić information content (AvgIpc) is 2.51. The van der Waals surface area contributed by atoms with Gasteiger partial charge in [0.05, 0.1) is 5.92 Å². The minimum Gasteiger partial charge on any atom is -0.481 e. The van der Waals surface area contributed by atoms with Crippen LogP contribution >= 0.6 is 0 Å². The third-order valence-electron chi connectivity index (χ3n) is 3.26. The molecule has 0 spiro atoms. The van der Waals surface area contributed by atoms with Crippen molar-refractivity contribution in [3.05, 3.63) is 12.7 Å². The third kappa shape index (κ3) is 4.59. The molecule has 96 valence electrons. The maximum Gasteiger partial charge on any atom is 0.308 e. The van der Waals surface area contributed by atoms with Crippen LogP contribution in [0.4, 0.5) is 0 Å². The first-order valence-electron chi connectivity index (χ1n) is 6.28. The molecule has 2 N–H and O–H groups in total. The van der Waals surface area contributed by atoms with Crippen LogP contribution in [0.1, 0.15) is 44.9 Å². The topological polar surface area (TPSA) is 66.4 Å². The van der Waals surface area contributed by atoms with E-state index < -0.39 is 11.9 Å². The molecule has 0 saturated heterocycles. The zero-order valence-electron chi connectivity index (χ0n) is 10.2. The third-order valence-corrected chi connectivity index (χ3v) is 3.26. The lowest BCUT2D eigenvalue weighted by molar-refractivity contribution is -0.143. The van der Waals surface area contributed by atoms with Crippen LogP contribution in [0.15, 0.2) is 12.7 Å². The summed E-state index contributed by atoms with van der Waals surface area (Å²) in [6.45, 7) is 3.56. The molecule has 17 heavy (non-hydrogen) atoms. The molecule has 0 aromatic carbocycles. The van der Waals surface area contributed by atoms with Crippen molar-refractivity contribution in [1.29, 1.82) is 0 Å². The maximum absolute atomic E-state index is 11.6. The number of nitrogens with one attached hydrogen (secondary N) is 1. The van der Waals surface area contributed by atoms with Crippen molar-refractivity contribution in [2.45, 2.75) is 51.0 Å². The molecule has 1 fully saturated rings. The lowest BCUT2D eigenvalue weighted by atomic mass is 9.94. The van der Waals surface area contributed by atoms with E-state index in [1.165, 1.54) is 0 Å². The minimum atomic E-state index is -0.791. The SMILES string of the molecule is C=CCCC(=O)N[C@H]1CCCCC[C@H]1C(=O)O. The maximum atomic E-state index is 11.6. The number of carbonyl (C=O) groups is 2. The zero-order valence-corrected chi connectivity index (χ0v) is 10.2. The zero-order chi connectivity index (χ0) is 12.7. The highest BCUT2D eigenvalue weighted by Crippen LogP contribution is 2.23. The smallest absolute Gasteiger partial charge is 0.308 e. The average molecular weight is 239 g/mol. The normalized spacial score (nSPS) is 24.7. The van der Waals surface area contributed by atoms with Gasteiger partial charge < -0.3 is 10.4 Å². The van der Waals surface area contributed by atoms with Crippen molar-refractivity contribution < 1.29 is 14.7 Å². The molecule has 1 rings (SSSR count). The van der Waals surface area contributed by atoms with Gasteiger partial charge in [0.1, 0.15) is 0 Å². The van der Waals surface area contributed by atoms with Gasteiger partial charge in [-0.15, -0.1) is 6.58 Å². The van der Waals surface area contributed by atoms with Crippen LogP contribution in [0.2, 0.25) is 0 Å². The lowest BCUT2D eigenvalue weighted by Gasteiger charge is -2.22. The van der Waals surface area contributed by atoms with Gasteiger partial charge in [-0.25, -0.2) is 0 Å². The van der Waals surface area contributed by atoms with E-state index in [0.29, 0.717) is 19.3 Å². The second-order valence-corrected chi connectivity index (χ2v) is 4.58. The van der Waals surface area contributed by atoms with E-state index in [2.05, 4.69) is 11.9 Å². The van der Waals surface area contributed by atoms with Crippen LogP contribution in [-0.2, 0) is 9.59 Å². The molecule has 4 nitrogen and oxygen atoms in total. The largest absolute Gasteiger partial charge is 0.481 e. The summed E-state index contributed by atoms with van der Waals surface area (Å²) in [6.07, 6.45) is 7.16. The predicted octanol–water partition coefficient (Wildman–Crippen LogP) is 2.10. The Balaban J connectivity index is 2.54. The Kier molecular flexibility index (Phi) is 5.73. The van der Waals surface area contributed by atoms with Crippen LogP contribution in [0, 0.1) is 5.92 Å². The number of carbonyl (C=O) groups excluding carboxylic acids is 1. The molecule has 2 atom stereocenters. The van der Waals surface area contributed by atoms with Crippen LogP contribution in [-0.4, -0.2) is 23.0 Å². The Labute approximate surface area is 102 Å². The quantitative estimate of drug-likeness (QED) is 0.570. The second kappa shape index (κ2) is 7.09. The van der Waals surface area contributed by atoms with Crippen molar-refractivity contribution in [2.75, 3.05) is 0 Å². The van der Waals surface area contributed by atoms with Gasteiger partial charge in [0.15, 0.2) is 0 Å². The molecule has 0 heterocycles. The number of carboxylic acid groups (broad SMARTS) is 1. The highest BCUT2D eigenvalue weighted by atomic mass is 16.4. The Bertz CT molecular complexity index is 288. The van der Waals surface area contributed by atoms with Gasteiger partial charge in [-0.2, -0.15) is 0 Å². The fraction of sp³-hybridized carbons (Fsp3) is 0.692. The summed E-state index contributed by atoms with van der Waals surface area (Å²) in [5, 5.41) is 12.0. The molecular weight excluding hydrogens is 218 g/mol. The Morgan fingerprint density at radius 1 is 1.29 bits per heavy atom. The van der Waals surface area contributed by atoms with E-state index in [4.69, 9.17) is 5.11 Å². The Morgan fingerprint density at radius 3 is 2.65 bits per heavy atom.